The van der Waals surface area contributed by atoms with Crippen LogP contribution in [0.1, 0.15) is 12.8 Å². The minimum atomic E-state index is -0.0483. The maximum atomic E-state index is 12.0. The van der Waals surface area contributed by atoms with Crippen LogP contribution in [0.4, 0.5) is 10.5 Å². The molecule has 0 bridgehead atoms. The summed E-state index contributed by atoms with van der Waals surface area (Å²) >= 11 is 5.79. The lowest BCUT2D eigenvalue weighted by atomic mass is 9.97. The Labute approximate surface area is 124 Å². The zero-order chi connectivity index (χ0) is 13.0. The van der Waals surface area contributed by atoms with Gasteiger partial charge in [-0.05, 0) is 49.6 Å². The van der Waals surface area contributed by atoms with E-state index in [2.05, 4.69) is 5.32 Å². The molecule has 1 aliphatic rings. The van der Waals surface area contributed by atoms with Crippen LogP contribution in [0.2, 0.25) is 5.02 Å². The van der Waals surface area contributed by atoms with Crippen molar-refractivity contribution in [2.45, 2.75) is 12.8 Å². The second-order valence-electron chi connectivity index (χ2n) is 4.60. The Morgan fingerprint density at radius 1 is 1.32 bits per heavy atom. The van der Waals surface area contributed by atoms with Gasteiger partial charge >= 0.3 is 6.03 Å². The quantitative estimate of drug-likeness (QED) is 0.882. The Morgan fingerprint density at radius 3 is 2.42 bits per heavy atom. The molecule has 4 nitrogen and oxygen atoms in total. The topological polar surface area (TPSA) is 58.4 Å². The highest BCUT2D eigenvalue weighted by molar-refractivity contribution is 6.30. The minimum absolute atomic E-state index is 0. The summed E-state index contributed by atoms with van der Waals surface area (Å²) in [4.78, 5) is 13.8. The Kier molecular flexibility index (Phi) is 6.42. The summed E-state index contributed by atoms with van der Waals surface area (Å²) in [6.45, 7) is 2.27. The smallest absolute Gasteiger partial charge is 0.321 e. The van der Waals surface area contributed by atoms with Crippen molar-refractivity contribution in [2.75, 3.05) is 25.0 Å². The predicted molar refractivity (Wildman–Crippen MR) is 81.1 cm³/mol. The lowest BCUT2D eigenvalue weighted by Gasteiger charge is -2.31. The molecule has 6 heteroatoms. The largest absolute Gasteiger partial charge is 0.330 e. The molecule has 1 aliphatic heterocycles. The molecule has 19 heavy (non-hydrogen) atoms. The maximum Gasteiger partial charge on any atom is 0.321 e. The number of piperidine rings is 1. The van der Waals surface area contributed by atoms with Gasteiger partial charge in [-0.15, -0.1) is 12.4 Å². The third kappa shape index (κ3) is 4.56. The molecule has 0 saturated carbocycles. The van der Waals surface area contributed by atoms with Crippen LogP contribution >= 0.6 is 24.0 Å². The third-order valence-electron chi connectivity index (χ3n) is 3.33. The van der Waals surface area contributed by atoms with E-state index in [1.807, 2.05) is 4.90 Å². The highest BCUT2D eigenvalue weighted by Crippen LogP contribution is 2.18. The van der Waals surface area contributed by atoms with Crippen molar-refractivity contribution in [3.05, 3.63) is 29.3 Å². The molecule has 1 heterocycles. The Bertz CT molecular complexity index is 403. The lowest BCUT2D eigenvalue weighted by Crippen LogP contribution is -2.42. The van der Waals surface area contributed by atoms with Gasteiger partial charge in [0.05, 0.1) is 0 Å². The minimum Gasteiger partial charge on any atom is -0.330 e. The fraction of sp³-hybridized carbons (Fsp3) is 0.462. The number of urea groups is 1. The Morgan fingerprint density at radius 2 is 1.89 bits per heavy atom. The van der Waals surface area contributed by atoms with Gasteiger partial charge in [0.25, 0.3) is 0 Å². The van der Waals surface area contributed by atoms with Crippen LogP contribution in [0.25, 0.3) is 0 Å². The number of halogens is 2. The second-order valence-corrected chi connectivity index (χ2v) is 5.04. The van der Waals surface area contributed by atoms with Crippen molar-refractivity contribution in [3.8, 4) is 0 Å². The van der Waals surface area contributed by atoms with E-state index in [4.69, 9.17) is 17.3 Å². The monoisotopic (exact) mass is 303 g/mol. The van der Waals surface area contributed by atoms with Crippen LogP contribution in [-0.2, 0) is 0 Å². The number of nitrogens with two attached hydrogens (primary N) is 1. The van der Waals surface area contributed by atoms with Crippen molar-refractivity contribution in [1.82, 2.24) is 4.90 Å². The predicted octanol–water partition coefficient (Wildman–Crippen LogP) is 2.96. The molecule has 1 aromatic carbocycles. The van der Waals surface area contributed by atoms with E-state index in [0.29, 0.717) is 17.5 Å². The van der Waals surface area contributed by atoms with Gasteiger partial charge < -0.3 is 16.0 Å². The number of nitrogens with zero attached hydrogens (tertiary/aromatic N) is 1. The van der Waals surface area contributed by atoms with Crippen molar-refractivity contribution in [2.24, 2.45) is 11.7 Å². The van der Waals surface area contributed by atoms with Gasteiger partial charge in [-0.2, -0.15) is 0 Å². The van der Waals surface area contributed by atoms with Crippen LogP contribution < -0.4 is 11.1 Å². The number of carbonyl (C=O) groups is 1. The van der Waals surface area contributed by atoms with E-state index in [9.17, 15) is 4.79 Å². The SMILES string of the molecule is Cl.NCC1CCN(C(=O)Nc2ccc(Cl)cc2)CC1. The van der Waals surface area contributed by atoms with Gasteiger partial charge in [-0.1, -0.05) is 11.6 Å². The van der Waals surface area contributed by atoms with Crippen LogP contribution in [0.5, 0.6) is 0 Å². The molecule has 0 aliphatic carbocycles. The molecule has 0 unspecified atom stereocenters. The number of likely N-dealkylation sites (tertiary alicyclic amines) is 1. The highest BCUT2D eigenvalue weighted by Gasteiger charge is 2.21. The van der Waals surface area contributed by atoms with Crippen molar-refractivity contribution in [1.29, 1.82) is 0 Å². The fourth-order valence-electron chi connectivity index (χ4n) is 2.11. The van der Waals surface area contributed by atoms with Crippen LogP contribution in [0.15, 0.2) is 24.3 Å². The number of hydrogen-bond acceptors (Lipinski definition) is 2. The molecule has 1 fully saturated rings. The van der Waals surface area contributed by atoms with E-state index in [1.165, 1.54) is 0 Å². The third-order valence-corrected chi connectivity index (χ3v) is 3.58. The molecule has 1 saturated heterocycles. The molecule has 2 rings (SSSR count). The molecule has 106 valence electrons. The molecule has 2 amide bonds. The zero-order valence-electron chi connectivity index (χ0n) is 10.6. The van der Waals surface area contributed by atoms with E-state index >= 15 is 0 Å². The average molecular weight is 304 g/mol. The summed E-state index contributed by atoms with van der Waals surface area (Å²) in [7, 11) is 0. The molecule has 1 aromatic rings. The number of benzene rings is 1. The first-order valence-corrected chi connectivity index (χ1v) is 6.58. The summed E-state index contributed by atoms with van der Waals surface area (Å²) in [6.07, 6.45) is 1.98. The van der Waals surface area contributed by atoms with E-state index in [1.54, 1.807) is 24.3 Å². The number of amides is 2. The van der Waals surface area contributed by atoms with Gasteiger partial charge in [0.2, 0.25) is 0 Å². The molecule has 0 atom stereocenters. The average Bonchev–Trinajstić information content (AvgIpc) is 2.41. The highest BCUT2D eigenvalue weighted by atomic mass is 35.5. The number of anilines is 1. The summed E-state index contributed by atoms with van der Waals surface area (Å²) in [6, 6.07) is 7.07. The summed E-state index contributed by atoms with van der Waals surface area (Å²) < 4.78 is 0. The van der Waals surface area contributed by atoms with Gasteiger partial charge in [0, 0.05) is 23.8 Å². The first kappa shape index (κ1) is 16.1. The first-order valence-electron chi connectivity index (χ1n) is 6.20. The first-order chi connectivity index (χ1) is 8.69. The standard InChI is InChI=1S/C13H18ClN3O.ClH/c14-11-1-3-12(4-2-11)16-13(18)17-7-5-10(9-15)6-8-17;/h1-4,10H,5-9,15H2,(H,16,18);1H. The number of carbonyl (C=O) groups excluding carboxylic acids is 1. The number of hydrogen-bond donors (Lipinski definition) is 2. The molecule has 0 radical (unpaired) electrons. The summed E-state index contributed by atoms with van der Waals surface area (Å²) in [5.41, 5.74) is 6.40. The van der Waals surface area contributed by atoms with Gasteiger partial charge in [0.1, 0.15) is 0 Å². The summed E-state index contributed by atoms with van der Waals surface area (Å²) in [5.74, 6) is 0.560. The maximum absolute atomic E-state index is 12.0. The van der Waals surface area contributed by atoms with Crippen LogP contribution in [-0.4, -0.2) is 30.6 Å². The van der Waals surface area contributed by atoms with Gasteiger partial charge in [0.15, 0.2) is 0 Å². The van der Waals surface area contributed by atoms with E-state index < -0.39 is 0 Å². The van der Waals surface area contributed by atoms with E-state index in [0.717, 1.165) is 31.6 Å². The second kappa shape index (κ2) is 7.58. The lowest BCUT2D eigenvalue weighted by molar-refractivity contribution is 0.184. The van der Waals surface area contributed by atoms with Gasteiger partial charge in [-0.3, -0.25) is 0 Å². The molecular weight excluding hydrogens is 285 g/mol. The zero-order valence-corrected chi connectivity index (χ0v) is 12.2. The van der Waals surface area contributed by atoms with Crippen molar-refractivity contribution >= 4 is 35.7 Å². The van der Waals surface area contributed by atoms with Crippen LogP contribution in [0, 0.1) is 5.92 Å². The van der Waals surface area contributed by atoms with Crippen molar-refractivity contribution < 1.29 is 4.79 Å². The molecule has 3 N–H and O–H groups in total. The van der Waals surface area contributed by atoms with Crippen molar-refractivity contribution in [3.63, 3.8) is 0 Å². The van der Waals surface area contributed by atoms with Crippen LogP contribution in [0.3, 0.4) is 0 Å². The normalized spacial score (nSPS) is 15.8. The fourth-order valence-corrected chi connectivity index (χ4v) is 2.23. The number of nitrogens with one attached hydrogen (secondary N) is 1. The molecule has 0 spiro atoms. The molecular formula is C13H19Cl2N3O. The van der Waals surface area contributed by atoms with E-state index in [-0.39, 0.29) is 18.4 Å². The number of rotatable bonds is 2. The summed E-state index contributed by atoms with van der Waals surface area (Å²) in [5, 5.41) is 3.53. The Balaban J connectivity index is 0.00000180. The molecule has 0 aromatic heterocycles. The Hall–Kier alpha value is -0.970. The van der Waals surface area contributed by atoms with Gasteiger partial charge in [-0.25, -0.2) is 4.79 Å².